The fourth-order valence-electron chi connectivity index (χ4n) is 1.74. The number of carbonyl (C=O) groups excluding carboxylic acids is 2. The van der Waals surface area contributed by atoms with E-state index >= 15 is 0 Å². The predicted octanol–water partition coefficient (Wildman–Crippen LogP) is -2.35. The fourth-order valence-corrected chi connectivity index (χ4v) is 1.74. The van der Waals surface area contributed by atoms with Crippen molar-refractivity contribution in [2.75, 3.05) is 39.8 Å². The first-order valence-electron chi connectivity index (χ1n) is 5.49. The third kappa shape index (κ3) is 4.01. The highest BCUT2D eigenvalue weighted by Crippen LogP contribution is 2.02. The summed E-state index contributed by atoms with van der Waals surface area (Å²) in [5.41, 5.74) is 0. The highest BCUT2D eigenvalue weighted by atomic mass is 16.2. The molecule has 0 aromatic rings. The van der Waals surface area contributed by atoms with Gasteiger partial charge in [-0.2, -0.15) is 5.26 Å². The molecular formula is C10H17N5O2. The molecule has 3 N–H and O–H groups in total. The summed E-state index contributed by atoms with van der Waals surface area (Å²) in [4.78, 5) is 24.9. The van der Waals surface area contributed by atoms with Gasteiger partial charge >= 0.3 is 0 Å². The lowest BCUT2D eigenvalue weighted by Crippen LogP contribution is -2.59. The number of carbonyl (C=O) groups is 2. The molecule has 0 bridgehead atoms. The van der Waals surface area contributed by atoms with E-state index in [0.717, 1.165) is 6.54 Å². The summed E-state index contributed by atoms with van der Waals surface area (Å²) in [6, 6.07) is 1.51. The molecule has 1 unspecified atom stereocenters. The minimum atomic E-state index is -0.332. The Hall–Kier alpha value is -1.65. The number of nitrogens with one attached hydrogen (secondary N) is 3. The Labute approximate surface area is 100 Å². The molecule has 0 saturated carbocycles. The first-order chi connectivity index (χ1) is 8.19. The number of hydrogen-bond acceptors (Lipinski definition) is 5. The van der Waals surface area contributed by atoms with Crippen LogP contribution in [0.1, 0.15) is 0 Å². The van der Waals surface area contributed by atoms with Crippen LogP contribution in [0.4, 0.5) is 0 Å². The molecule has 0 radical (unpaired) electrons. The van der Waals surface area contributed by atoms with Crippen LogP contribution in [0, 0.1) is 11.3 Å². The smallest absolute Gasteiger partial charge is 0.238 e. The van der Waals surface area contributed by atoms with Gasteiger partial charge < -0.3 is 16.0 Å². The lowest BCUT2D eigenvalue weighted by atomic mass is 10.1. The zero-order chi connectivity index (χ0) is 12.7. The van der Waals surface area contributed by atoms with E-state index in [1.165, 1.54) is 0 Å². The van der Waals surface area contributed by atoms with Crippen LogP contribution < -0.4 is 16.0 Å². The van der Waals surface area contributed by atoms with E-state index in [4.69, 9.17) is 5.26 Å². The van der Waals surface area contributed by atoms with Gasteiger partial charge in [0.25, 0.3) is 0 Å². The lowest BCUT2D eigenvalue weighted by Gasteiger charge is -2.34. The van der Waals surface area contributed by atoms with Crippen molar-refractivity contribution in [3.8, 4) is 6.07 Å². The maximum absolute atomic E-state index is 11.6. The van der Waals surface area contributed by atoms with Crippen LogP contribution in [-0.4, -0.2) is 62.5 Å². The molecule has 1 heterocycles. The van der Waals surface area contributed by atoms with Gasteiger partial charge in [-0.05, 0) is 0 Å². The number of piperazine rings is 1. The van der Waals surface area contributed by atoms with E-state index < -0.39 is 0 Å². The van der Waals surface area contributed by atoms with Crippen molar-refractivity contribution >= 4 is 11.8 Å². The van der Waals surface area contributed by atoms with Crippen LogP contribution in [0.25, 0.3) is 0 Å². The van der Waals surface area contributed by atoms with Crippen LogP contribution >= 0.6 is 0 Å². The Bertz CT molecular complexity index is 325. The Balaban J connectivity index is 2.51. The van der Waals surface area contributed by atoms with Gasteiger partial charge in [0.1, 0.15) is 12.6 Å². The maximum Gasteiger partial charge on any atom is 0.238 e. The van der Waals surface area contributed by atoms with Crippen LogP contribution in [0.5, 0.6) is 0 Å². The van der Waals surface area contributed by atoms with Crippen LogP contribution in [0.2, 0.25) is 0 Å². The molecule has 1 rings (SSSR count). The van der Waals surface area contributed by atoms with E-state index in [0.29, 0.717) is 13.1 Å². The van der Waals surface area contributed by atoms with E-state index in [1.807, 2.05) is 11.0 Å². The minimum Gasteiger partial charge on any atom is -0.358 e. The summed E-state index contributed by atoms with van der Waals surface area (Å²) < 4.78 is 0. The molecule has 94 valence electrons. The molecule has 0 aromatic heterocycles. The number of rotatable bonds is 4. The molecule has 0 aromatic carbocycles. The summed E-state index contributed by atoms with van der Waals surface area (Å²) >= 11 is 0. The van der Waals surface area contributed by atoms with Crippen molar-refractivity contribution in [1.82, 2.24) is 20.9 Å². The Morgan fingerprint density at radius 2 is 2.35 bits per heavy atom. The first kappa shape index (κ1) is 13.4. The van der Waals surface area contributed by atoms with Crippen LogP contribution in [0.3, 0.4) is 0 Å². The van der Waals surface area contributed by atoms with E-state index in [9.17, 15) is 9.59 Å². The fraction of sp³-hybridized carbons (Fsp3) is 0.700. The second kappa shape index (κ2) is 6.83. The highest BCUT2D eigenvalue weighted by Gasteiger charge is 2.28. The number of nitrogens with zero attached hydrogens (tertiary/aromatic N) is 2. The van der Waals surface area contributed by atoms with Gasteiger partial charge in [0, 0.05) is 26.7 Å². The molecule has 1 aliphatic rings. The molecular weight excluding hydrogens is 222 g/mol. The van der Waals surface area contributed by atoms with Gasteiger partial charge in [0.2, 0.25) is 11.8 Å². The molecule has 1 atom stereocenters. The van der Waals surface area contributed by atoms with Crippen molar-refractivity contribution in [2.45, 2.75) is 6.04 Å². The maximum atomic E-state index is 11.6. The first-order valence-corrected chi connectivity index (χ1v) is 5.49. The van der Waals surface area contributed by atoms with E-state index in [1.54, 1.807) is 7.05 Å². The average Bonchev–Trinajstić information content (AvgIpc) is 2.36. The molecule has 7 nitrogen and oxygen atoms in total. The third-order valence-electron chi connectivity index (χ3n) is 2.61. The molecule has 0 aliphatic carbocycles. The lowest BCUT2D eigenvalue weighted by molar-refractivity contribution is -0.129. The van der Waals surface area contributed by atoms with Crippen molar-refractivity contribution < 1.29 is 9.59 Å². The molecule has 1 saturated heterocycles. The summed E-state index contributed by atoms with van der Waals surface area (Å²) in [7, 11) is 1.57. The van der Waals surface area contributed by atoms with Crippen molar-refractivity contribution in [1.29, 1.82) is 5.26 Å². The molecule has 1 aliphatic heterocycles. The number of amides is 2. The Morgan fingerprint density at radius 3 is 3.00 bits per heavy atom. The van der Waals surface area contributed by atoms with Gasteiger partial charge in [-0.3, -0.25) is 14.5 Å². The highest BCUT2D eigenvalue weighted by molar-refractivity contribution is 5.83. The van der Waals surface area contributed by atoms with Gasteiger partial charge in [-0.25, -0.2) is 0 Å². The number of nitriles is 1. The van der Waals surface area contributed by atoms with E-state index in [2.05, 4.69) is 16.0 Å². The van der Waals surface area contributed by atoms with Crippen LogP contribution in [-0.2, 0) is 9.59 Å². The molecule has 1 fully saturated rings. The Morgan fingerprint density at radius 1 is 1.59 bits per heavy atom. The number of likely N-dealkylation sites (N-methyl/N-ethyl adjacent to an activating group) is 1. The zero-order valence-corrected chi connectivity index (χ0v) is 9.82. The van der Waals surface area contributed by atoms with Gasteiger partial charge in [0.05, 0.1) is 12.6 Å². The second-order valence-electron chi connectivity index (χ2n) is 3.74. The summed E-state index contributed by atoms with van der Waals surface area (Å²) in [5.74, 6) is -0.340. The van der Waals surface area contributed by atoms with Crippen molar-refractivity contribution in [3.63, 3.8) is 0 Å². The zero-order valence-electron chi connectivity index (χ0n) is 9.82. The largest absolute Gasteiger partial charge is 0.358 e. The van der Waals surface area contributed by atoms with E-state index in [-0.39, 0.29) is 30.9 Å². The van der Waals surface area contributed by atoms with Gasteiger partial charge in [0.15, 0.2) is 0 Å². The molecule has 2 amide bonds. The molecule has 17 heavy (non-hydrogen) atoms. The summed E-state index contributed by atoms with van der Waals surface area (Å²) in [6.45, 7) is 2.05. The topological polar surface area (TPSA) is 97.3 Å². The van der Waals surface area contributed by atoms with Gasteiger partial charge in [-0.1, -0.05) is 0 Å². The molecule has 0 spiro atoms. The minimum absolute atomic E-state index is 0.00440. The Kier molecular flexibility index (Phi) is 5.39. The predicted molar refractivity (Wildman–Crippen MR) is 60.9 cm³/mol. The van der Waals surface area contributed by atoms with Crippen molar-refractivity contribution in [3.05, 3.63) is 0 Å². The second-order valence-corrected chi connectivity index (χ2v) is 3.74. The average molecular weight is 239 g/mol. The van der Waals surface area contributed by atoms with Crippen LogP contribution in [0.15, 0.2) is 0 Å². The number of hydrogen-bond donors (Lipinski definition) is 3. The quantitative estimate of drug-likeness (QED) is 0.477. The monoisotopic (exact) mass is 239 g/mol. The van der Waals surface area contributed by atoms with Crippen molar-refractivity contribution in [2.24, 2.45) is 0 Å². The summed E-state index contributed by atoms with van der Waals surface area (Å²) in [6.07, 6.45) is 0. The summed E-state index contributed by atoms with van der Waals surface area (Å²) in [5, 5.41) is 16.5. The standard InChI is InChI=1S/C10H17N5O2/c1-12-10(17)8-6-13-4-5-15(8)7-9(16)14-3-2-11/h8,13H,3-7H2,1H3,(H,12,17)(H,14,16). The van der Waals surface area contributed by atoms with Gasteiger partial charge in [-0.15, -0.1) is 0 Å². The SMILES string of the molecule is CNC(=O)C1CNCCN1CC(=O)NCC#N. The molecule has 7 heteroatoms. The third-order valence-corrected chi connectivity index (χ3v) is 2.61. The normalized spacial score (nSPS) is 20.4.